The van der Waals surface area contributed by atoms with Gasteiger partial charge in [0.05, 0.1) is 12.3 Å². The lowest BCUT2D eigenvalue weighted by molar-refractivity contribution is 0.340. The van der Waals surface area contributed by atoms with Gasteiger partial charge in [-0.2, -0.15) is 0 Å². The van der Waals surface area contributed by atoms with Crippen molar-refractivity contribution in [1.29, 1.82) is 0 Å². The number of thiazole rings is 1. The predicted octanol–water partition coefficient (Wildman–Crippen LogP) is 4.27. The van der Waals surface area contributed by atoms with Gasteiger partial charge in [-0.3, -0.25) is 4.98 Å². The molecule has 1 aromatic carbocycles. The van der Waals surface area contributed by atoms with E-state index in [1.165, 1.54) is 0 Å². The maximum Gasteiger partial charge on any atom is 0.124 e. The Balaban J connectivity index is 1.92. The largest absolute Gasteiger partial charge is 0.494 e. The molecule has 4 heteroatoms. The van der Waals surface area contributed by atoms with E-state index in [4.69, 9.17) is 4.74 Å². The fraction of sp³-hybridized carbons (Fsp3) is 0.125. The van der Waals surface area contributed by atoms with E-state index in [9.17, 15) is 0 Å². The summed E-state index contributed by atoms with van der Waals surface area (Å²) in [6, 6.07) is 12.0. The van der Waals surface area contributed by atoms with E-state index in [1.807, 2.05) is 43.3 Å². The first-order valence-electron chi connectivity index (χ1n) is 6.46. The summed E-state index contributed by atoms with van der Waals surface area (Å²) in [5.41, 5.74) is 3.15. The van der Waals surface area contributed by atoms with E-state index in [0.29, 0.717) is 6.61 Å². The molecule has 0 atom stereocenters. The highest BCUT2D eigenvalue weighted by atomic mass is 32.1. The van der Waals surface area contributed by atoms with Gasteiger partial charge in [-0.25, -0.2) is 4.98 Å². The summed E-state index contributed by atoms with van der Waals surface area (Å²) in [5.74, 6) is 0.878. The minimum atomic E-state index is 0.669. The third-order valence-corrected chi connectivity index (χ3v) is 3.76. The zero-order chi connectivity index (χ0) is 13.8. The SMILES string of the molecule is CCOc1cccc(-c2csc(-c3ccncc3)n2)c1. The second-order valence-corrected chi connectivity index (χ2v) is 5.09. The molecule has 0 aliphatic carbocycles. The number of rotatable bonds is 4. The van der Waals surface area contributed by atoms with Crippen molar-refractivity contribution in [3.63, 3.8) is 0 Å². The fourth-order valence-corrected chi connectivity index (χ4v) is 2.78. The summed E-state index contributed by atoms with van der Waals surface area (Å²) in [5, 5.41) is 3.07. The van der Waals surface area contributed by atoms with E-state index < -0.39 is 0 Å². The molecule has 3 aromatic rings. The summed E-state index contributed by atoms with van der Waals surface area (Å²) >= 11 is 1.64. The van der Waals surface area contributed by atoms with Crippen LogP contribution in [0.15, 0.2) is 54.2 Å². The highest BCUT2D eigenvalue weighted by molar-refractivity contribution is 7.13. The van der Waals surface area contributed by atoms with E-state index in [2.05, 4.69) is 15.3 Å². The van der Waals surface area contributed by atoms with Crippen molar-refractivity contribution in [2.75, 3.05) is 6.61 Å². The smallest absolute Gasteiger partial charge is 0.124 e. The Morgan fingerprint density at radius 1 is 1.10 bits per heavy atom. The number of benzene rings is 1. The first-order valence-corrected chi connectivity index (χ1v) is 7.34. The molecule has 100 valence electrons. The summed E-state index contributed by atoms with van der Waals surface area (Å²) in [6.45, 7) is 2.65. The second-order valence-electron chi connectivity index (χ2n) is 4.23. The van der Waals surface area contributed by atoms with E-state index in [1.54, 1.807) is 23.7 Å². The molecular weight excluding hydrogens is 268 g/mol. The number of hydrogen-bond donors (Lipinski definition) is 0. The summed E-state index contributed by atoms with van der Waals surface area (Å²) in [6.07, 6.45) is 3.57. The Labute approximate surface area is 121 Å². The Bertz CT molecular complexity index is 694. The lowest BCUT2D eigenvalue weighted by Crippen LogP contribution is -1.91. The quantitative estimate of drug-likeness (QED) is 0.716. The summed E-state index contributed by atoms with van der Waals surface area (Å²) in [4.78, 5) is 8.72. The minimum absolute atomic E-state index is 0.669. The number of pyridine rings is 1. The molecule has 0 saturated carbocycles. The van der Waals surface area contributed by atoms with Gasteiger partial charge in [0.2, 0.25) is 0 Å². The van der Waals surface area contributed by atoms with Crippen molar-refractivity contribution in [2.45, 2.75) is 6.92 Å². The molecule has 0 unspecified atom stereocenters. The van der Waals surface area contributed by atoms with Gasteiger partial charge in [-0.1, -0.05) is 12.1 Å². The maximum absolute atomic E-state index is 5.53. The molecule has 20 heavy (non-hydrogen) atoms. The molecule has 0 radical (unpaired) electrons. The van der Waals surface area contributed by atoms with Crippen LogP contribution in [0.2, 0.25) is 0 Å². The molecule has 0 amide bonds. The molecular formula is C16H14N2OS. The molecule has 0 saturated heterocycles. The van der Waals surface area contributed by atoms with Crippen LogP contribution in [0.25, 0.3) is 21.8 Å². The zero-order valence-corrected chi connectivity index (χ0v) is 11.9. The monoisotopic (exact) mass is 282 g/mol. The van der Waals surface area contributed by atoms with Gasteiger partial charge in [0.15, 0.2) is 0 Å². The van der Waals surface area contributed by atoms with Crippen LogP contribution in [-0.4, -0.2) is 16.6 Å². The Hall–Kier alpha value is -2.20. The second kappa shape index (κ2) is 5.84. The number of ether oxygens (including phenoxy) is 1. The van der Waals surface area contributed by atoms with Crippen molar-refractivity contribution in [1.82, 2.24) is 9.97 Å². The molecule has 0 spiro atoms. The van der Waals surface area contributed by atoms with Crippen LogP contribution in [0.4, 0.5) is 0 Å². The van der Waals surface area contributed by atoms with Gasteiger partial charge in [-0.15, -0.1) is 11.3 Å². The lowest BCUT2D eigenvalue weighted by Gasteiger charge is -2.04. The summed E-state index contributed by atoms with van der Waals surface area (Å²) < 4.78 is 5.53. The third-order valence-electron chi connectivity index (χ3n) is 2.87. The van der Waals surface area contributed by atoms with Crippen LogP contribution in [0.3, 0.4) is 0 Å². The molecule has 3 nitrogen and oxygen atoms in total. The van der Waals surface area contributed by atoms with Crippen LogP contribution in [-0.2, 0) is 0 Å². The topological polar surface area (TPSA) is 35.0 Å². The maximum atomic E-state index is 5.53. The average Bonchev–Trinajstić information content (AvgIpc) is 2.99. The minimum Gasteiger partial charge on any atom is -0.494 e. The predicted molar refractivity (Wildman–Crippen MR) is 82.0 cm³/mol. The van der Waals surface area contributed by atoms with E-state index >= 15 is 0 Å². The van der Waals surface area contributed by atoms with Crippen molar-refractivity contribution < 1.29 is 4.74 Å². The molecule has 0 aliphatic heterocycles. The first kappa shape index (κ1) is 12.8. The molecule has 2 aromatic heterocycles. The van der Waals surface area contributed by atoms with Crippen molar-refractivity contribution in [3.8, 4) is 27.6 Å². The Kier molecular flexibility index (Phi) is 3.74. The molecule has 2 heterocycles. The lowest BCUT2D eigenvalue weighted by atomic mass is 10.1. The fourth-order valence-electron chi connectivity index (χ4n) is 1.95. The first-order chi connectivity index (χ1) is 9.86. The van der Waals surface area contributed by atoms with E-state index in [-0.39, 0.29) is 0 Å². The van der Waals surface area contributed by atoms with Crippen molar-refractivity contribution >= 4 is 11.3 Å². The highest BCUT2D eigenvalue weighted by Crippen LogP contribution is 2.30. The van der Waals surface area contributed by atoms with Gasteiger partial charge in [-0.05, 0) is 31.2 Å². The summed E-state index contributed by atoms with van der Waals surface area (Å²) in [7, 11) is 0. The zero-order valence-electron chi connectivity index (χ0n) is 11.1. The van der Waals surface area contributed by atoms with Crippen molar-refractivity contribution in [2.24, 2.45) is 0 Å². The third kappa shape index (κ3) is 2.70. The normalized spacial score (nSPS) is 10.4. The van der Waals surface area contributed by atoms with Crippen LogP contribution in [0.5, 0.6) is 5.75 Å². The Morgan fingerprint density at radius 3 is 2.75 bits per heavy atom. The molecule has 0 N–H and O–H groups in total. The molecule has 0 bridgehead atoms. The van der Waals surface area contributed by atoms with Crippen LogP contribution in [0, 0.1) is 0 Å². The van der Waals surface area contributed by atoms with Gasteiger partial charge < -0.3 is 4.74 Å². The number of aromatic nitrogens is 2. The Morgan fingerprint density at radius 2 is 1.95 bits per heavy atom. The van der Waals surface area contributed by atoms with Gasteiger partial charge in [0.1, 0.15) is 10.8 Å². The standard InChI is InChI=1S/C16H14N2OS/c1-2-19-14-5-3-4-13(10-14)15-11-20-16(18-15)12-6-8-17-9-7-12/h3-11H,2H2,1H3. The van der Waals surface area contributed by atoms with Gasteiger partial charge in [0, 0.05) is 28.9 Å². The highest BCUT2D eigenvalue weighted by Gasteiger charge is 2.07. The van der Waals surface area contributed by atoms with Gasteiger partial charge >= 0.3 is 0 Å². The molecule has 3 rings (SSSR count). The van der Waals surface area contributed by atoms with Crippen LogP contribution < -0.4 is 4.74 Å². The molecule has 0 aliphatic rings. The number of hydrogen-bond acceptors (Lipinski definition) is 4. The average molecular weight is 282 g/mol. The molecule has 0 fully saturated rings. The van der Waals surface area contributed by atoms with Gasteiger partial charge in [0.25, 0.3) is 0 Å². The van der Waals surface area contributed by atoms with Crippen LogP contribution in [0.1, 0.15) is 6.92 Å². The number of nitrogens with zero attached hydrogens (tertiary/aromatic N) is 2. The van der Waals surface area contributed by atoms with E-state index in [0.717, 1.165) is 27.6 Å². The van der Waals surface area contributed by atoms with Crippen LogP contribution >= 0.6 is 11.3 Å². The van der Waals surface area contributed by atoms with Crippen molar-refractivity contribution in [3.05, 3.63) is 54.2 Å².